The van der Waals surface area contributed by atoms with Gasteiger partial charge in [0.2, 0.25) is 5.91 Å². The zero-order valence-corrected chi connectivity index (χ0v) is 22.5. The van der Waals surface area contributed by atoms with E-state index in [0.29, 0.717) is 17.1 Å². The third-order valence-electron chi connectivity index (χ3n) is 7.04. The van der Waals surface area contributed by atoms with Gasteiger partial charge in [0.25, 0.3) is 5.91 Å². The first-order chi connectivity index (χ1) is 16.7. The highest BCUT2D eigenvalue weighted by molar-refractivity contribution is 9.09. The molecule has 10 heteroatoms. The van der Waals surface area contributed by atoms with E-state index in [1.807, 2.05) is 0 Å². The van der Waals surface area contributed by atoms with Gasteiger partial charge in [0.05, 0.1) is 39.9 Å². The molecule has 3 fully saturated rings. The SMILES string of the molecule is C=CCOC(=O)[C@H]1[C@H]2C(=O)N([C@H](C)CO)C(C(=O)N(CC=C)c3ccccc3Cl)C23CC(Br)[C@@H]1S3. The predicted molar refractivity (Wildman–Crippen MR) is 141 cm³/mol. The molecule has 2 amide bonds. The van der Waals surface area contributed by atoms with E-state index < -0.39 is 34.6 Å². The molecule has 7 atom stereocenters. The molecule has 0 radical (unpaired) electrons. The second kappa shape index (κ2) is 10.3. The molecule has 4 rings (SSSR count). The number of fused-ring (bicyclic) bond motifs is 1. The number of likely N-dealkylation sites (tertiary alicyclic amines) is 1. The van der Waals surface area contributed by atoms with Crippen LogP contribution in [0, 0.1) is 11.8 Å². The number of aliphatic hydroxyl groups excluding tert-OH is 1. The summed E-state index contributed by atoms with van der Waals surface area (Å²) in [6.07, 6.45) is 3.62. The van der Waals surface area contributed by atoms with Crippen molar-refractivity contribution in [3.05, 3.63) is 54.6 Å². The van der Waals surface area contributed by atoms with Gasteiger partial charge in [0, 0.05) is 16.6 Å². The monoisotopic (exact) mass is 582 g/mol. The molecule has 188 valence electrons. The van der Waals surface area contributed by atoms with Gasteiger partial charge in [-0.25, -0.2) is 0 Å². The molecule has 0 aliphatic carbocycles. The summed E-state index contributed by atoms with van der Waals surface area (Å²) in [5, 5.41) is 10.2. The highest BCUT2D eigenvalue weighted by Gasteiger charge is 2.76. The summed E-state index contributed by atoms with van der Waals surface area (Å²) in [5.41, 5.74) is 0.512. The highest BCUT2D eigenvalue weighted by Crippen LogP contribution is 2.68. The van der Waals surface area contributed by atoms with Gasteiger partial charge in [-0.2, -0.15) is 0 Å². The average molecular weight is 584 g/mol. The fraction of sp³-hybridized carbons (Fsp3) is 0.480. The number of aliphatic hydroxyl groups is 1. The van der Waals surface area contributed by atoms with Crippen molar-refractivity contribution in [1.82, 2.24) is 4.90 Å². The Morgan fingerprint density at radius 3 is 2.74 bits per heavy atom. The summed E-state index contributed by atoms with van der Waals surface area (Å²) in [6, 6.07) is 5.50. The first-order valence-electron chi connectivity index (χ1n) is 11.4. The third-order valence-corrected chi connectivity index (χ3v) is 10.6. The molecule has 1 aromatic carbocycles. The van der Waals surface area contributed by atoms with Crippen molar-refractivity contribution in [3.8, 4) is 0 Å². The van der Waals surface area contributed by atoms with E-state index in [4.69, 9.17) is 16.3 Å². The van der Waals surface area contributed by atoms with Crippen molar-refractivity contribution in [3.63, 3.8) is 0 Å². The van der Waals surface area contributed by atoms with Gasteiger partial charge in [-0.1, -0.05) is 58.4 Å². The lowest BCUT2D eigenvalue weighted by Gasteiger charge is -2.39. The van der Waals surface area contributed by atoms with Crippen molar-refractivity contribution in [1.29, 1.82) is 0 Å². The van der Waals surface area contributed by atoms with Crippen molar-refractivity contribution in [2.75, 3.05) is 24.7 Å². The molecule has 1 N–H and O–H groups in total. The lowest BCUT2D eigenvalue weighted by molar-refractivity contribution is -0.153. The molecule has 0 aromatic heterocycles. The van der Waals surface area contributed by atoms with E-state index in [1.165, 1.54) is 27.6 Å². The minimum absolute atomic E-state index is 0.0479. The molecule has 1 aromatic rings. The molecular formula is C25H28BrClN2O5S. The van der Waals surface area contributed by atoms with Crippen LogP contribution in [-0.2, 0) is 19.1 Å². The molecule has 3 aliphatic heterocycles. The van der Waals surface area contributed by atoms with Gasteiger partial charge in [-0.15, -0.1) is 18.3 Å². The summed E-state index contributed by atoms with van der Waals surface area (Å²) in [7, 11) is 0. The molecule has 3 heterocycles. The molecule has 0 saturated carbocycles. The van der Waals surface area contributed by atoms with E-state index in [9.17, 15) is 19.5 Å². The lowest BCUT2D eigenvalue weighted by atomic mass is 9.71. The summed E-state index contributed by atoms with van der Waals surface area (Å²) in [6.45, 7) is 9.02. The second-order valence-electron chi connectivity index (χ2n) is 9.05. The Balaban J connectivity index is 1.82. The Morgan fingerprint density at radius 1 is 1.40 bits per heavy atom. The number of thioether (sulfide) groups is 1. The summed E-state index contributed by atoms with van der Waals surface area (Å²) >= 11 is 11.7. The van der Waals surface area contributed by atoms with Crippen LogP contribution in [0.2, 0.25) is 5.02 Å². The number of carbonyl (C=O) groups excluding carboxylic acids is 3. The number of alkyl halides is 1. The molecule has 2 bridgehead atoms. The maximum absolute atomic E-state index is 14.3. The lowest BCUT2D eigenvalue weighted by Crippen LogP contribution is -2.57. The van der Waals surface area contributed by atoms with E-state index in [2.05, 4.69) is 29.1 Å². The molecule has 35 heavy (non-hydrogen) atoms. The number of hydrogen-bond acceptors (Lipinski definition) is 6. The number of hydrogen-bond donors (Lipinski definition) is 1. The van der Waals surface area contributed by atoms with Crippen LogP contribution in [0.5, 0.6) is 0 Å². The van der Waals surface area contributed by atoms with Gasteiger partial charge in [0.1, 0.15) is 12.6 Å². The smallest absolute Gasteiger partial charge is 0.311 e. The summed E-state index contributed by atoms with van der Waals surface area (Å²) in [4.78, 5) is 44.3. The Bertz CT molecular complexity index is 1060. The second-order valence-corrected chi connectivity index (χ2v) is 12.2. The van der Waals surface area contributed by atoms with Gasteiger partial charge >= 0.3 is 5.97 Å². The van der Waals surface area contributed by atoms with Gasteiger partial charge in [-0.05, 0) is 25.5 Å². The zero-order valence-electron chi connectivity index (χ0n) is 19.3. The first-order valence-corrected chi connectivity index (χ1v) is 13.6. The van der Waals surface area contributed by atoms with Crippen LogP contribution in [0.25, 0.3) is 0 Å². The van der Waals surface area contributed by atoms with E-state index in [-0.39, 0.29) is 41.6 Å². The van der Waals surface area contributed by atoms with Crippen molar-refractivity contribution in [2.45, 2.75) is 40.3 Å². The molecule has 3 saturated heterocycles. The van der Waals surface area contributed by atoms with Crippen LogP contribution >= 0.6 is 39.3 Å². The number of benzene rings is 1. The summed E-state index contributed by atoms with van der Waals surface area (Å²) < 4.78 is 4.53. The third kappa shape index (κ3) is 4.14. The molecule has 1 spiro atoms. The van der Waals surface area contributed by atoms with Gasteiger partial charge < -0.3 is 19.6 Å². The Labute approximate surface area is 222 Å². The first kappa shape index (κ1) is 26.3. The van der Waals surface area contributed by atoms with Gasteiger partial charge in [-0.3, -0.25) is 14.4 Å². The van der Waals surface area contributed by atoms with Crippen LogP contribution in [0.1, 0.15) is 13.3 Å². The molecular weight excluding hydrogens is 556 g/mol. The fourth-order valence-corrected chi connectivity index (χ4v) is 9.49. The quantitative estimate of drug-likeness (QED) is 0.272. The number of ether oxygens (including phenoxy) is 1. The molecule has 3 aliphatic rings. The normalized spacial score (nSPS) is 31.7. The number of rotatable bonds is 9. The predicted octanol–water partition coefficient (Wildman–Crippen LogP) is 3.43. The molecule has 3 unspecified atom stereocenters. The minimum atomic E-state index is -0.898. The zero-order chi connectivity index (χ0) is 25.5. The van der Waals surface area contributed by atoms with Gasteiger partial charge in [0.15, 0.2) is 0 Å². The minimum Gasteiger partial charge on any atom is -0.461 e. The van der Waals surface area contributed by atoms with Crippen LogP contribution in [0.15, 0.2) is 49.6 Å². The van der Waals surface area contributed by atoms with Crippen molar-refractivity contribution < 1.29 is 24.2 Å². The van der Waals surface area contributed by atoms with E-state index >= 15 is 0 Å². The fourth-order valence-electron chi connectivity index (χ4n) is 5.67. The van der Waals surface area contributed by atoms with Crippen LogP contribution < -0.4 is 4.90 Å². The van der Waals surface area contributed by atoms with Crippen LogP contribution in [0.4, 0.5) is 5.69 Å². The largest absolute Gasteiger partial charge is 0.461 e. The number of anilines is 1. The summed E-state index contributed by atoms with van der Waals surface area (Å²) in [5.74, 6) is -2.53. The Hall–Kier alpha value is -1.81. The topological polar surface area (TPSA) is 87.1 Å². The number of para-hydroxylation sites is 1. The van der Waals surface area contributed by atoms with Crippen LogP contribution in [-0.4, -0.2) is 74.5 Å². The number of halogens is 2. The Morgan fingerprint density at radius 2 is 2.11 bits per heavy atom. The maximum Gasteiger partial charge on any atom is 0.311 e. The van der Waals surface area contributed by atoms with E-state index in [0.717, 1.165) is 0 Å². The van der Waals surface area contributed by atoms with Crippen LogP contribution in [0.3, 0.4) is 0 Å². The molecule has 7 nitrogen and oxygen atoms in total. The van der Waals surface area contributed by atoms with Crippen molar-refractivity contribution >= 4 is 62.8 Å². The number of esters is 1. The Kier molecular flexibility index (Phi) is 7.71. The number of nitrogens with zero attached hydrogens (tertiary/aromatic N) is 2. The number of carbonyl (C=O) groups is 3. The number of amides is 2. The standard InChI is InChI=1S/C25H28BrClN2O5S/c1-4-10-28(17-9-7-6-8-16(17)27)23(32)21-25-12-15(26)20(35-25)18(24(33)34-11-5-2)19(25)22(31)29(21)14(3)13-30/h4-9,14-15,18-21,30H,1-2,10-13H2,3H3/t14-,15?,18+,19+,20+,21?,25?/m1/s1. The highest BCUT2D eigenvalue weighted by atomic mass is 79.9. The van der Waals surface area contributed by atoms with Crippen molar-refractivity contribution in [2.24, 2.45) is 11.8 Å². The maximum atomic E-state index is 14.3. The van der Waals surface area contributed by atoms with E-state index in [1.54, 1.807) is 37.3 Å². The average Bonchev–Trinajstić information content (AvgIpc) is 3.44.